The average molecular weight is 282 g/mol. The average Bonchev–Trinajstić information content (AvgIpc) is 2.38. The van der Waals surface area contributed by atoms with Crippen molar-refractivity contribution < 1.29 is 14.7 Å². The van der Waals surface area contributed by atoms with Crippen molar-refractivity contribution in [3.8, 4) is 0 Å². The van der Waals surface area contributed by atoms with Crippen LogP contribution in [-0.4, -0.2) is 58.5 Å². The van der Waals surface area contributed by atoms with Crippen LogP contribution in [0.1, 0.15) is 46.0 Å². The highest BCUT2D eigenvalue weighted by Gasteiger charge is 2.36. The third kappa shape index (κ3) is 3.32. The lowest BCUT2D eigenvalue weighted by Crippen LogP contribution is -2.54. The lowest BCUT2D eigenvalue weighted by atomic mass is 9.90. The summed E-state index contributed by atoms with van der Waals surface area (Å²) in [5.74, 6) is -0.581. The molecule has 3 unspecified atom stereocenters. The van der Waals surface area contributed by atoms with Crippen molar-refractivity contribution in [1.82, 2.24) is 9.80 Å². The molecule has 0 radical (unpaired) electrons. The summed E-state index contributed by atoms with van der Waals surface area (Å²) >= 11 is 0. The quantitative estimate of drug-likeness (QED) is 0.853. The molecule has 5 heteroatoms. The van der Waals surface area contributed by atoms with Crippen LogP contribution in [0.15, 0.2) is 0 Å². The number of likely N-dealkylation sites (tertiary alicyclic amines) is 2. The normalized spacial score (nSPS) is 32.1. The summed E-state index contributed by atoms with van der Waals surface area (Å²) < 4.78 is 0. The summed E-state index contributed by atoms with van der Waals surface area (Å²) in [6.45, 7) is 5.85. The minimum Gasteiger partial charge on any atom is -0.480 e. The van der Waals surface area contributed by atoms with E-state index in [0.717, 1.165) is 38.8 Å². The Labute approximate surface area is 120 Å². The Hall–Kier alpha value is -1.10. The number of carboxylic acids is 1. The van der Waals surface area contributed by atoms with Gasteiger partial charge in [-0.25, -0.2) is 0 Å². The number of rotatable bonds is 3. The molecule has 2 rings (SSSR count). The second kappa shape index (κ2) is 6.57. The smallest absolute Gasteiger partial charge is 0.321 e. The fraction of sp³-hybridized carbons (Fsp3) is 0.867. The molecule has 2 heterocycles. The fourth-order valence-electron chi connectivity index (χ4n) is 3.58. The standard InChI is InChI=1S/C15H26N2O3/c1-11-6-5-8-16(14(11)15(19)20)10-13(18)17-9-4-3-7-12(17)2/h11-12,14H,3-10H2,1-2H3,(H,19,20). The first kappa shape index (κ1) is 15.3. The monoisotopic (exact) mass is 282 g/mol. The van der Waals surface area contributed by atoms with Crippen molar-refractivity contribution >= 4 is 11.9 Å². The van der Waals surface area contributed by atoms with Gasteiger partial charge in [-0.1, -0.05) is 6.92 Å². The molecule has 2 fully saturated rings. The molecule has 0 aromatic rings. The summed E-state index contributed by atoms with van der Waals surface area (Å²) in [5.41, 5.74) is 0. The highest BCUT2D eigenvalue weighted by atomic mass is 16.4. The zero-order valence-corrected chi connectivity index (χ0v) is 12.5. The lowest BCUT2D eigenvalue weighted by Gasteiger charge is -2.39. The predicted octanol–water partition coefficient (Wildman–Crippen LogP) is 1.57. The Morgan fingerprint density at radius 2 is 1.85 bits per heavy atom. The summed E-state index contributed by atoms with van der Waals surface area (Å²) in [6.07, 6.45) is 5.22. The maximum Gasteiger partial charge on any atom is 0.321 e. The summed E-state index contributed by atoms with van der Waals surface area (Å²) in [4.78, 5) is 27.7. The van der Waals surface area contributed by atoms with Gasteiger partial charge in [-0.15, -0.1) is 0 Å². The van der Waals surface area contributed by atoms with Crippen LogP contribution in [-0.2, 0) is 9.59 Å². The van der Waals surface area contributed by atoms with Gasteiger partial charge in [0.05, 0.1) is 6.54 Å². The zero-order chi connectivity index (χ0) is 14.7. The van der Waals surface area contributed by atoms with Gasteiger partial charge in [-0.05, 0) is 51.5 Å². The predicted molar refractivity (Wildman–Crippen MR) is 76.4 cm³/mol. The maximum absolute atomic E-state index is 12.4. The van der Waals surface area contributed by atoms with Gasteiger partial charge in [0.1, 0.15) is 6.04 Å². The van der Waals surface area contributed by atoms with Crippen molar-refractivity contribution in [2.24, 2.45) is 5.92 Å². The van der Waals surface area contributed by atoms with E-state index >= 15 is 0 Å². The van der Waals surface area contributed by atoms with Gasteiger partial charge in [-0.2, -0.15) is 0 Å². The molecule has 3 atom stereocenters. The van der Waals surface area contributed by atoms with Crippen LogP contribution in [0.3, 0.4) is 0 Å². The first-order chi connectivity index (χ1) is 9.50. The molecule has 0 bridgehead atoms. The Balaban J connectivity index is 1.99. The highest BCUT2D eigenvalue weighted by Crippen LogP contribution is 2.24. The van der Waals surface area contributed by atoms with Crippen molar-refractivity contribution in [2.45, 2.75) is 58.0 Å². The Bertz CT molecular complexity index is 372. The van der Waals surface area contributed by atoms with Crippen LogP contribution < -0.4 is 0 Å². The second-order valence-electron chi connectivity index (χ2n) is 6.30. The third-order valence-electron chi connectivity index (χ3n) is 4.75. The minimum atomic E-state index is -0.795. The van der Waals surface area contributed by atoms with Gasteiger partial charge in [0.25, 0.3) is 0 Å². The molecular formula is C15H26N2O3. The van der Waals surface area contributed by atoms with Crippen molar-refractivity contribution in [3.05, 3.63) is 0 Å². The lowest BCUT2D eigenvalue weighted by molar-refractivity contribution is -0.149. The Morgan fingerprint density at radius 1 is 1.10 bits per heavy atom. The summed E-state index contributed by atoms with van der Waals surface area (Å²) in [6, 6.07) is -0.213. The molecule has 5 nitrogen and oxygen atoms in total. The van der Waals surface area contributed by atoms with Gasteiger partial charge >= 0.3 is 5.97 Å². The Morgan fingerprint density at radius 3 is 2.50 bits per heavy atom. The number of carboxylic acid groups (broad SMARTS) is 1. The van der Waals surface area contributed by atoms with Crippen LogP contribution >= 0.6 is 0 Å². The van der Waals surface area contributed by atoms with Crippen LogP contribution in [0.2, 0.25) is 0 Å². The van der Waals surface area contributed by atoms with Crippen LogP contribution in [0.4, 0.5) is 0 Å². The van der Waals surface area contributed by atoms with Crippen molar-refractivity contribution in [2.75, 3.05) is 19.6 Å². The van der Waals surface area contributed by atoms with E-state index in [0.29, 0.717) is 6.04 Å². The highest BCUT2D eigenvalue weighted by molar-refractivity contribution is 5.80. The van der Waals surface area contributed by atoms with E-state index in [9.17, 15) is 14.7 Å². The van der Waals surface area contributed by atoms with Crippen LogP contribution in [0, 0.1) is 5.92 Å². The molecule has 2 saturated heterocycles. The van der Waals surface area contributed by atoms with Crippen molar-refractivity contribution in [1.29, 1.82) is 0 Å². The number of piperidine rings is 2. The number of carbonyl (C=O) groups excluding carboxylic acids is 1. The number of aliphatic carboxylic acids is 1. The van der Waals surface area contributed by atoms with E-state index in [4.69, 9.17) is 0 Å². The molecule has 114 valence electrons. The van der Waals surface area contributed by atoms with E-state index in [1.807, 2.05) is 16.7 Å². The van der Waals surface area contributed by atoms with Gasteiger partial charge in [-0.3, -0.25) is 14.5 Å². The molecule has 0 aromatic carbocycles. The van der Waals surface area contributed by atoms with Gasteiger partial charge in [0.15, 0.2) is 0 Å². The van der Waals surface area contributed by atoms with E-state index in [2.05, 4.69) is 6.92 Å². The molecule has 0 aliphatic carbocycles. The largest absolute Gasteiger partial charge is 0.480 e. The minimum absolute atomic E-state index is 0.0950. The molecule has 0 aromatic heterocycles. The molecular weight excluding hydrogens is 256 g/mol. The fourth-order valence-corrected chi connectivity index (χ4v) is 3.58. The summed E-state index contributed by atoms with van der Waals surface area (Å²) in [7, 11) is 0. The van der Waals surface area contributed by atoms with Crippen molar-refractivity contribution in [3.63, 3.8) is 0 Å². The SMILES string of the molecule is CC1CCCN(CC(=O)N2CCCCC2C)C1C(=O)O. The molecule has 0 spiro atoms. The maximum atomic E-state index is 12.4. The number of nitrogens with zero attached hydrogens (tertiary/aromatic N) is 2. The topological polar surface area (TPSA) is 60.9 Å². The van der Waals surface area contributed by atoms with E-state index in [-0.39, 0.29) is 18.4 Å². The zero-order valence-electron chi connectivity index (χ0n) is 12.5. The van der Waals surface area contributed by atoms with E-state index in [1.54, 1.807) is 0 Å². The third-order valence-corrected chi connectivity index (χ3v) is 4.75. The number of amides is 1. The first-order valence-corrected chi connectivity index (χ1v) is 7.77. The van der Waals surface area contributed by atoms with E-state index in [1.165, 1.54) is 6.42 Å². The van der Waals surface area contributed by atoms with Crippen LogP contribution in [0.5, 0.6) is 0 Å². The molecule has 1 N–H and O–H groups in total. The van der Waals surface area contributed by atoms with Gasteiger partial charge in [0, 0.05) is 12.6 Å². The van der Waals surface area contributed by atoms with Gasteiger partial charge in [0.2, 0.25) is 5.91 Å². The Kier molecular flexibility index (Phi) is 5.02. The molecule has 20 heavy (non-hydrogen) atoms. The van der Waals surface area contributed by atoms with Crippen LogP contribution in [0.25, 0.3) is 0 Å². The summed E-state index contributed by atoms with van der Waals surface area (Å²) in [5, 5.41) is 9.39. The number of hydrogen-bond acceptors (Lipinski definition) is 3. The molecule has 2 aliphatic heterocycles. The molecule has 0 saturated carbocycles. The first-order valence-electron chi connectivity index (χ1n) is 7.77. The number of carbonyl (C=O) groups is 2. The second-order valence-corrected chi connectivity index (χ2v) is 6.30. The molecule has 2 aliphatic rings. The molecule has 1 amide bonds. The number of hydrogen-bond donors (Lipinski definition) is 1. The van der Waals surface area contributed by atoms with E-state index < -0.39 is 12.0 Å². The van der Waals surface area contributed by atoms with Gasteiger partial charge < -0.3 is 10.0 Å².